The van der Waals surface area contributed by atoms with E-state index in [9.17, 15) is 4.79 Å². The predicted molar refractivity (Wildman–Crippen MR) is 37.5 cm³/mol. The largest absolute Gasteiger partial charge is 0.436 e. The Kier molecular flexibility index (Phi) is 4.94. The first kappa shape index (κ1) is 9.43. The minimum atomic E-state index is -0.368. The number of rotatable bonds is 4. The summed E-state index contributed by atoms with van der Waals surface area (Å²) in [6.45, 7) is 3.65. The maximum Gasteiger partial charge on any atom is 0.307 e. The van der Waals surface area contributed by atoms with Gasteiger partial charge in [-0.3, -0.25) is 4.79 Å². The van der Waals surface area contributed by atoms with Crippen molar-refractivity contribution in [1.29, 1.82) is 0 Å². The molecule has 0 aromatic rings. The second-order valence-electron chi connectivity index (χ2n) is 1.92. The summed E-state index contributed by atoms with van der Waals surface area (Å²) in [5.41, 5.74) is 0. The second kappa shape index (κ2) is 5.23. The first-order valence-electron chi connectivity index (χ1n) is 3.46. The van der Waals surface area contributed by atoms with Crippen LogP contribution in [0.25, 0.3) is 0 Å². The van der Waals surface area contributed by atoms with Crippen molar-refractivity contribution < 1.29 is 14.3 Å². The summed E-state index contributed by atoms with van der Waals surface area (Å²) < 4.78 is 9.67. The van der Waals surface area contributed by atoms with Crippen molar-refractivity contribution in [3.8, 4) is 0 Å². The van der Waals surface area contributed by atoms with Gasteiger partial charge in [0.2, 0.25) is 6.29 Å². The fourth-order valence-electron chi connectivity index (χ4n) is 0.528. The van der Waals surface area contributed by atoms with E-state index in [4.69, 9.17) is 9.47 Å². The fraction of sp³-hybridized carbons (Fsp3) is 0.857. The molecule has 10 heavy (non-hydrogen) atoms. The van der Waals surface area contributed by atoms with Crippen LogP contribution in [-0.4, -0.2) is 19.4 Å². The van der Waals surface area contributed by atoms with Crippen LogP contribution in [0.15, 0.2) is 0 Å². The van der Waals surface area contributed by atoms with E-state index >= 15 is 0 Å². The summed E-state index contributed by atoms with van der Waals surface area (Å²) in [6, 6.07) is 0. The van der Waals surface area contributed by atoms with Crippen LogP contribution in [0.4, 0.5) is 0 Å². The van der Waals surface area contributed by atoms with Gasteiger partial charge >= 0.3 is 5.97 Å². The summed E-state index contributed by atoms with van der Waals surface area (Å²) in [6.07, 6.45) is 0.731. The molecule has 0 spiro atoms. The van der Waals surface area contributed by atoms with Crippen molar-refractivity contribution in [2.24, 2.45) is 0 Å². The molecule has 0 amide bonds. The molecule has 0 aliphatic heterocycles. The van der Waals surface area contributed by atoms with Crippen LogP contribution in [0.1, 0.15) is 26.7 Å². The third-order valence-corrected chi connectivity index (χ3v) is 1.15. The van der Waals surface area contributed by atoms with E-state index in [1.54, 1.807) is 6.92 Å². The minimum Gasteiger partial charge on any atom is -0.436 e. The number of carbonyl (C=O) groups is 1. The molecule has 0 aromatic carbocycles. The third kappa shape index (κ3) is 3.45. The van der Waals surface area contributed by atoms with Crippen LogP contribution < -0.4 is 0 Å². The van der Waals surface area contributed by atoms with Gasteiger partial charge in [-0.2, -0.15) is 0 Å². The predicted octanol–water partition coefficient (Wildman–Crippen LogP) is 1.32. The first-order valence-corrected chi connectivity index (χ1v) is 3.46. The van der Waals surface area contributed by atoms with Gasteiger partial charge in [-0.15, -0.1) is 0 Å². The molecule has 0 saturated heterocycles. The van der Waals surface area contributed by atoms with Crippen molar-refractivity contribution in [2.75, 3.05) is 7.11 Å². The maximum atomic E-state index is 10.6. The average Bonchev–Trinajstić information content (AvgIpc) is 1.99. The van der Waals surface area contributed by atoms with Gasteiger partial charge < -0.3 is 9.47 Å². The van der Waals surface area contributed by atoms with Crippen LogP contribution in [0, 0.1) is 0 Å². The molecule has 1 atom stereocenters. The summed E-state index contributed by atoms with van der Waals surface area (Å²) >= 11 is 0. The number of esters is 1. The van der Waals surface area contributed by atoms with Crippen molar-refractivity contribution in [3.63, 3.8) is 0 Å². The van der Waals surface area contributed by atoms with Crippen molar-refractivity contribution >= 4 is 5.97 Å². The van der Waals surface area contributed by atoms with E-state index < -0.39 is 0 Å². The number of hydrogen-bond acceptors (Lipinski definition) is 3. The summed E-state index contributed by atoms with van der Waals surface area (Å²) in [5.74, 6) is -0.214. The maximum absolute atomic E-state index is 10.6. The Bertz CT molecular complexity index is 97.0. The van der Waals surface area contributed by atoms with Crippen LogP contribution >= 0.6 is 0 Å². The molecule has 0 aliphatic carbocycles. The lowest BCUT2D eigenvalue weighted by atomic mass is 10.4. The van der Waals surface area contributed by atoms with E-state index in [1.807, 2.05) is 6.92 Å². The molecule has 0 bridgehead atoms. The monoisotopic (exact) mass is 146 g/mol. The first-order chi connectivity index (χ1) is 4.74. The Labute approximate surface area is 61.3 Å². The minimum absolute atomic E-state index is 0.214. The lowest BCUT2D eigenvalue weighted by molar-refractivity contribution is -0.173. The molecule has 0 saturated carbocycles. The normalized spacial score (nSPS) is 12.7. The molecule has 1 unspecified atom stereocenters. The van der Waals surface area contributed by atoms with Crippen molar-refractivity contribution in [3.05, 3.63) is 0 Å². The molecule has 0 fully saturated rings. The SMILES string of the molecule is CCC(=O)OC(CC)OC. The molecule has 60 valence electrons. The van der Waals surface area contributed by atoms with Crippen LogP contribution in [0.5, 0.6) is 0 Å². The summed E-state index contributed by atoms with van der Waals surface area (Å²) in [7, 11) is 1.52. The van der Waals surface area contributed by atoms with Gasteiger partial charge in [0.1, 0.15) is 0 Å². The Morgan fingerprint density at radius 1 is 1.50 bits per heavy atom. The van der Waals surface area contributed by atoms with Gasteiger partial charge in [-0.1, -0.05) is 13.8 Å². The molecule has 3 nitrogen and oxygen atoms in total. The van der Waals surface area contributed by atoms with Crippen LogP contribution in [0.2, 0.25) is 0 Å². The Morgan fingerprint density at radius 3 is 2.40 bits per heavy atom. The van der Waals surface area contributed by atoms with Gasteiger partial charge in [-0.25, -0.2) is 0 Å². The molecular formula is C7H14O3. The standard InChI is InChI=1S/C7H14O3/c1-4-6(8)10-7(5-2)9-3/h7H,4-5H2,1-3H3. The third-order valence-electron chi connectivity index (χ3n) is 1.15. The molecule has 0 aromatic heterocycles. The molecule has 0 radical (unpaired) electrons. The Morgan fingerprint density at radius 2 is 2.10 bits per heavy atom. The highest BCUT2D eigenvalue weighted by molar-refractivity contribution is 5.68. The lowest BCUT2D eigenvalue weighted by Gasteiger charge is -2.12. The Balaban J connectivity index is 3.52. The number of hydrogen-bond donors (Lipinski definition) is 0. The molecule has 0 N–H and O–H groups in total. The number of methoxy groups -OCH3 is 1. The number of carbonyl (C=O) groups excluding carboxylic acids is 1. The zero-order chi connectivity index (χ0) is 7.98. The molecule has 0 rings (SSSR count). The lowest BCUT2D eigenvalue weighted by Crippen LogP contribution is -2.18. The van der Waals surface area contributed by atoms with E-state index in [0.717, 1.165) is 0 Å². The highest BCUT2D eigenvalue weighted by Crippen LogP contribution is 1.99. The van der Waals surface area contributed by atoms with Gasteiger partial charge in [0.15, 0.2) is 0 Å². The summed E-state index contributed by atoms with van der Waals surface area (Å²) in [4.78, 5) is 10.6. The Hall–Kier alpha value is -0.570. The highest BCUT2D eigenvalue weighted by atomic mass is 16.7. The highest BCUT2D eigenvalue weighted by Gasteiger charge is 2.07. The van der Waals surface area contributed by atoms with E-state index in [2.05, 4.69) is 0 Å². The smallest absolute Gasteiger partial charge is 0.307 e. The van der Waals surface area contributed by atoms with Crippen molar-refractivity contribution in [2.45, 2.75) is 33.0 Å². The number of ether oxygens (including phenoxy) is 2. The van der Waals surface area contributed by atoms with Gasteiger partial charge in [0.25, 0.3) is 0 Å². The topological polar surface area (TPSA) is 35.5 Å². The second-order valence-corrected chi connectivity index (χ2v) is 1.92. The van der Waals surface area contributed by atoms with Crippen LogP contribution in [0.3, 0.4) is 0 Å². The zero-order valence-corrected chi connectivity index (χ0v) is 6.72. The molecular weight excluding hydrogens is 132 g/mol. The van der Waals surface area contributed by atoms with E-state index in [1.165, 1.54) is 7.11 Å². The molecule has 0 heterocycles. The average molecular weight is 146 g/mol. The zero-order valence-electron chi connectivity index (χ0n) is 6.72. The fourth-order valence-corrected chi connectivity index (χ4v) is 0.528. The quantitative estimate of drug-likeness (QED) is 0.443. The molecule has 0 aliphatic rings. The van der Waals surface area contributed by atoms with Crippen LogP contribution in [-0.2, 0) is 14.3 Å². The van der Waals surface area contributed by atoms with Gasteiger partial charge in [0.05, 0.1) is 0 Å². The summed E-state index contributed by atoms with van der Waals surface area (Å²) in [5, 5.41) is 0. The molecule has 3 heteroatoms. The van der Waals surface area contributed by atoms with Gasteiger partial charge in [0, 0.05) is 20.0 Å². The van der Waals surface area contributed by atoms with E-state index in [0.29, 0.717) is 12.8 Å². The van der Waals surface area contributed by atoms with Gasteiger partial charge in [-0.05, 0) is 0 Å². The van der Waals surface area contributed by atoms with Crippen molar-refractivity contribution in [1.82, 2.24) is 0 Å². The van der Waals surface area contributed by atoms with E-state index in [-0.39, 0.29) is 12.3 Å².